The van der Waals surface area contributed by atoms with E-state index in [4.69, 9.17) is 4.84 Å². The maximum atomic E-state index is 11.8. The van der Waals surface area contributed by atoms with E-state index in [1.165, 1.54) is 30.3 Å². The molecule has 2 aromatic carbocycles. The molecule has 0 aliphatic carbocycles. The van der Waals surface area contributed by atoms with Gasteiger partial charge in [-0.15, -0.1) is 5.48 Å². The van der Waals surface area contributed by atoms with Gasteiger partial charge in [-0.1, -0.05) is 24.3 Å². The highest BCUT2D eigenvalue weighted by Gasteiger charge is 2.21. The van der Waals surface area contributed by atoms with Gasteiger partial charge in [0.2, 0.25) is 0 Å². The number of carboxylic acid groups (broad SMARTS) is 1. The molecule has 1 atom stereocenters. The van der Waals surface area contributed by atoms with Crippen molar-refractivity contribution < 1.29 is 29.7 Å². The van der Waals surface area contributed by atoms with E-state index in [1.807, 2.05) is 0 Å². The summed E-state index contributed by atoms with van der Waals surface area (Å²) < 4.78 is 0. The van der Waals surface area contributed by atoms with E-state index in [9.17, 15) is 24.9 Å². The summed E-state index contributed by atoms with van der Waals surface area (Å²) in [5, 5.41) is 27.8. The third-order valence-corrected chi connectivity index (χ3v) is 3.08. The third kappa shape index (κ3) is 4.45. The lowest BCUT2D eigenvalue weighted by Gasteiger charge is -2.14. The molecule has 0 spiro atoms. The van der Waals surface area contributed by atoms with Crippen LogP contribution < -0.4 is 5.48 Å². The van der Waals surface area contributed by atoms with E-state index < -0.39 is 18.0 Å². The molecule has 23 heavy (non-hydrogen) atoms. The average molecular weight is 317 g/mol. The lowest BCUT2D eigenvalue weighted by atomic mass is 10.1. The van der Waals surface area contributed by atoms with Gasteiger partial charge in [0, 0.05) is 6.42 Å². The summed E-state index contributed by atoms with van der Waals surface area (Å²) >= 11 is 0. The van der Waals surface area contributed by atoms with Crippen molar-refractivity contribution in [2.45, 2.75) is 12.5 Å². The van der Waals surface area contributed by atoms with E-state index in [0.717, 1.165) is 0 Å². The largest absolute Gasteiger partial charge is 0.504 e. The van der Waals surface area contributed by atoms with Crippen LogP contribution in [0, 0.1) is 0 Å². The number of aliphatic carboxylic acids is 1. The molecule has 4 N–H and O–H groups in total. The Morgan fingerprint density at radius 1 is 1.04 bits per heavy atom. The van der Waals surface area contributed by atoms with E-state index in [2.05, 4.69) is 5.48 Å². The molecular formula is C16H15NO6. The molecule has 7 nitrogen and oxygen atoms in total. The quantitative estimate of drug-likeness (QED) is 0.471. The Morgan fingerprint density at radius 3 is 2.35 bits per heavy atom. The molecule has 0 bridgehead atoms. The number of carbonyl (C=O) groups excluding carboxylic acids is 1. The second-order valence-corrected chi connectivity index (χ2v) is 4.79. The molecule has 0 fully saturated rings. The fraction of sp³-hybridized carbons (Fsp3) is 0.125. The van der Waals surface area contributed by atoms with Gasteiger partial charge < -0.3 is 20.2 Å². The molecule has 0 amide bonds. The molecule has 0 aliphatic heterocycles. The fourth-order valence-corrected chi connectivity index (χ4v) is 1.87. The summed E-state index contributed by atoms with van der Waals surface area (Å²) in [6.07, 6.45) is -0.0504. The van der Waals surface area contributed by atoms with Crippen molar-refractivity contribution in [3.05, 3.63) is 59.7 Å². The molecule has 1 unspecified atom stereocenters. The molecule has 0 aliphatic rings. The van der Waals surface area contributed by atoms with Crippen molar-refractivity contribution in [1.82, 2.24) is 5.48 Å². The van der Waals surface area contributed by atoms with Crippen molar-refractivity contribution in [2.24, 2.45) is 0 Å². The Labute approximate surface area is 131 Å². The number of nitrogens with one attached hydrogen (secondary N) is 1. The van der Waals surface area contributed by atoms with Crippen LogP contribution in [0.3, 0.4) is 0 Å². The molecule has 0 radical (unpaired) electrons. The minimum Gasteiger partial charge on any atom is -0.504 e. The summed E-state index contributed by atoms with van der Waals surface area (Å²) in [5.74, 6) is -2.58. The van der Waals surface area contributed by atoms with Gasteiger partial charge in [-0.05, 0) is 29.8 Å². The van der Waals surface area contributed by atoms with Crippen molar-refractivity contribution >= 4 is 11.9 Å². The van der Waals surface area contributed by atoms with Crippen LogP contribution in [0.15, 0.2) is 48.5 Å². The van der Waals surface area contributed by atoms with E-state index in [0.29, 0.717) is 5.56 Å². The summed E-state index contributed by atoms with van der Waals surface area (Å²) in [4.78, 5) is 27.8. The maximum absolute atomic E-state index is 11.8. The highest BCUT2D eigenvalue weighted by molar-refractivity contribution is 5.89. The third-order valence-electron chi connectivity index (χ3n) is 3.08. The first-order chi connectivity index (χ1) is 11.0. The Hall–Kier alpha value is -3.06. The predicted octanol–water partition coefficient (Wildman–Crippen LogP) is 1.46. The van der Waals surface area contributed by atoms with Gasteiger partial charge in [0.15, 0.2) is 11.5 Å². The van der Waals surface area contributed by atoms with Crippen LogP contribution in [0.4, 0.5) is 0 Å². The maximum Gasteiger partial charge on any atom is 0.356 e. The summed E-state index contributed by atoms with van der Waals surface area (Å²) in [6, 6.07) is 10.9. The molecule has 0 aromatic heterocycles. The number of aromatic hydroxyl groups is 2. The van der Waals surface area contributed by atoms with Crippen LogP contribution in [0.25, 0.3) is 0 Å². The molecule has 0 heterocycles. The van der Waals surface area contributed by atoms with Gasteiger partial charge in [0.1, 0.15) is 6.04 Å². The fourth-order valence-electron chi connectivity index (χ4n) is 1.87. The van der Waals surface area contributed by atoms with Crippen molar-refractivity contribution in [2.75, 3.05) is 0 Å². The number of phenols is 2. The van der Waals surface area contributed by atoms with Gasteiger partial charge >= 0.3 is 11.9 Å². The van der Waals surface area contributed by atoms with Crippen LogP contribution >= 0.6 is 0 Å². The Balaban J connectivity index is 2.00. The second-order valence-electron chi connectivity index (χ2n) is 4.79. The zero-order valence-corrected chi connectivity index (χ0v) is 12.0. The van der Waals surface area contributed by atoms with Crippen molar-refractivity contribution in [3.63, 3.8) is 0 Å². The second kappa shape index (κ2) is 7.28. The van der Waals surface area contributed by atoms with Gasteiger partial charge in [0.05, 0.1) is 5.56 Å². The normalized spacial score (nSPS) is 11.7. The Bertz CT molecular complexity index is 701. The van der Waals surface area contributed by atoms with Gasteiger partial charge in [-0.25, -0.2) is 4.79 Å². The topological polar surface area (TPSA) is 116 Å². The predicted molar refractivity (Wildman–Crippen MR) is 79.9 cm³/mol. The van der Waals surface area contributed by atoms with E-state index in [-0.39, 0.29) is 23.5 Å². The number of hydrogen-bond acceptors (Lipinski definition) is 6. The van der Waals surface area contributed by atoms with Crippen molar-refractivity contribution in [3.8, 4) is 11.5 Å². The number of carboxylic acids is 1. The standard InChI is InChI=1S/C16H15NO6/c18-13-7-6-10(9-14(13)19)8-12(15(20)21)17-23-16(22)11-4-2-1-3-5-11/h1-7,9,12,17-19H,8H2,(H,20,21). The van der Waals surface area contributed by atoms with E-state index in [1.54, 1.807) is 18.2 Å². The number of benzene rings is 2. The minimum atomic E-state index is -1.22. The van der Waals surface area contributed by atoms with Crippen LogP contribution in [0.5, 0.6) is 11.5 Å². The number of hydroxylamine groups is 1. The van der Waals surface area contributed by atoms with Crippen LogP contribution in [0.2, 0.25) is 0 Å². The Kier molecular flexibility index (Phi) is 5.16. The molecule has 7 heteroatoms. The highest BCUT2D eigenvalue weighted by atomic mass is 16.7. The van der Waals surface area contributed by atoms with Crippen molar-refractivity contribution in [1.29, 1.82) is 0 Å². The van der Waals surface area contributed by atoms with Gasteiger partial charge in [-0.3, -0.25) is 4.79 Å². The molecule has 0 saturated carbocycles. The first kappa shape index (κ1) is 16.3. The van der Waals surface area contributed by atoms with Crippen LogP contribution in [-0.4, -0.2) is 33.3 Å². The number of phenolic OH excluding ortho intramolecular Hbond substituents is 2. The highest BCUT2D eigenvalue weighted by Crippen LogP contribution is 2.25. The number of rotatable bonds is 6. The first-order valence-corrected chi connectivity index (χ1v) is 6.73. The Morgan fingerprint density at radius 2 is 1.74 bits per heavy atom. The van der Waals surface area contributed by atoms with Gasteiger partial charge in [0.25, 0.3) is 0 Å². The van der Waals surface area contributed by atoms with Crippen LogP contribution in [0.1, 0.15) is 15.9 Å². The average Bonchev–Trinajstić information content (AvgIpc) is 2.55. The molecular weight excluding hydrogens is 302 g/mol. The zero-order chi connectivity index (χ0) is 16.8. The van der Waals surface area contributed by atoms with Crippen LogP contribution in [-0.2, 0) is 16.1 Å². The summed E-state index contributed by atoms with van der Waals surface area (Å²) in [5.41, 5.74) is 2.95. The molecule has 120 valence electrons. The molecule has 0 saturated heterocycles. The SMILES string of the molecule is O=C(ONC(Cc1ccc(O)c(O)c1)C(=O)O)c1ccccc1. The van der Waals surface area contributed by atoms with E-state index >= 15 is 0 Å². The zero-order valence-electron chi connectivity index (χ0n) is 12.0. The van der Waals surface area contributed by atoms with Gasteiger partial charge in [-0.2, -0.15) is 0 Å². The lowest BCUT2D eigenvalue weighted by molar-refractivity contribution is -0.142. The molecule has 2 rings (SSSR count). The summed E-state index contributed by atoms with van der Waals surface area (Å²) in [7, 11) is 0. The lowest BCUT2D eigenvalue weighted by Crippen LogP contribution is -2.39. The number of carbonyl (C=O) groups is 2. The smallest absolute Gasteiger partial charge is 0.356 e. The summed E-state index contributed by atoms with van der Waals surface area (Å²) in [6.45, 7) is 0. The minimum absolute atomic E-state index is 0.0504. The molecule has 2 aromatic rings. The monoisotopic (exact) mass is 317 g/mol. The number of hydrogen-bond donors (Lipinski definition) is 4. The first-order valence-electron chi connectivity index (χ1n) is 6.73.